The van der Waals surface area contributed by atoms with Gasteiger partial charge in [0.05, 0.1) is 0 Å². The first-order valence-corrected chi connectivity index (χ1v) is 7.31. The van der Waals surface area contributed by atoms with E-state index < -0.39 is 0 Å². The molecule has 4 bridgehead atoms. The van der Waals surface area contributed by atoms with Crippen LogP contribution in [0.15, 0.2) is 60.7 Å². The summed E-state index contributed by atoms with van der Waals surface area (Å²) in [6.07, 6.45) is 9.59. The van der Waals surface area contributed by atoms with Crippen molar-refractivity contribution in [2.75, 3.05) is 0 Å². The van der Waals surface area contributed by atoms with Crippen molar-refractivity contribution in [2.24, 2.45) is 11.8 Å². The molecule has 0 nitrogen and oxygen atoms in total. The Kier molecular flexibility index (Phi) is 3.05. The maximum atomic E-state index is 3.46. The minimum Gasteiger partial charge on any atom is -0.226 e. The molecule has 0 amide bonds. The van der Waals surface area contributed by atoms with Crippen LogP contribution in [-0.4, -0.2) is 0 Å². The first-order chi connectivity index (χ1) is 9.92. The zero-order chi connectivity index (χ0) is 13.1. The van der Waals surface area contributed by atoms with Crippen molar-refractivity contribution in [1.29, 1.82) is 0 Å². The average molecular weight is 438 g/mol. The Morgan fingerprint density at radius 1 is 0.810 bits per heavy atom. The molecule has 1 heteroatoms. The van der Waals surface area contributed by atoms with Crippen LogP contribution in [0.2, 0.25) is 0 Å². The summed E-state index contributed by atoms with van der Waals surface area (Å²) >= 11 is 0. The standard InChI is InChI=1S/C20H14.W/c1-2-4-13(5-3-1)15-8-9-16-14-6-10-17-18(11-7-14)20(17)19(16)12-15;/h1-4,6-7,9-12,14,17-18,20H;/q-2;+2. The molecular weight excluding hydrogens is 424 g/mol. The maximum Gasteiger partial charge on any atom is 2.00 e. The SMILES string of the molecule is [W+2].[c-]1ccccc1-c1[c-]cc2c(c1)C1C3C=CC2C=CC31. The van der Waals surface area contributed by atoms with Gasteiger partial charge in [-0.15, -0.1) is 17.2 Å². The molecule has 2 atom stereocenters. The van der Waals surface area contributed by atoms with Crippen molar-refractivity contribution < 1.29 is 21.1 Å². The van der Waals surface area contributed by atoms with Gasteiger partial charge < -0.3 is 0 Å². The molecule has 0 spiro atoms. The third-order valence-corrected chi connectivity index (χ3v) is 4.95. The Labute approximate surface area is 139 Å². The Morgan fingerprint density at radius 3 is 2.33 bits per heavy atom. The fraction of sp³-hybridized carbons (Fsp3) is 0.200. The van der Waals surface area contributed by atoms with Crippen molar-refractivity contribution in [1.82, 2.24) is 0 Å². The Balaban J connectivity index is 0.00000115. The molecule has 6 rings (SSSR count). The van der Waals surface area contributed by atoms with Crippen LogP contribution < -0.4 is 0 Å². The van der Waals surface area contributed by atoms with Crippen molar-refractivity contribution in [3.8, 4) is 11.1 Å². The van der Waals surface area contributed by atoms with Crippen molar-refractivity contribution >= 4 is 0 Å². The fourth-order valence-corrected chi connectivity index (χ4v) is 3.85. The molecule has 2 unspecified atom stereocenters. The molecule has 100 valence electrons. The Bertz CT molecular complexity index is 722. The summed E-state index contributed by atoms with van der Waals surface area (Å²) in [5.74, 6) is 2.61. The summed E-state index contributed by atoms with van der Waals surface area (Å²) < 4.78 is 0. The molecule has 1 fully saturated rings. The van der Waals surface area contributed by atoms with E-state index in [4.69, 9.17) is 0 Å². The van der Waals surface area contributed by atoms with E-state index in [-0.39, 0.29) is 21.1 Å². The minimum absolute atomic E-state index is 0. The van der Waals surface area contributed by atoms with Crippen LogP contribution in [0.4, 0.5) is 0 Å². The molecule has 0 aliphatic heterocycles. The van der Waals surface area contributed by atoms with Gasteiger partial charge in [0.1, 0.15) is 0 Å². The first kappa shape index (κ1) is 13.3. The largest absolute Gasteiger partial charge is 2.00 e. The van der Waals surface area contributed by atoms with E-state index in [0.717, 1.165) is 17.4 Å². The van der Waals surface area contributed by atoms with Gasteiger partial charge >= 0.3 is 21.1 Å². The second kappa shape index (κ2) is 4.82. The number of rotatable bonds is 1. The van der Waals surface area contributed by atoms with Crippen molar-refractivity contribution in [3.05, 3.63) is 84.0 Å². The molecule has 0 heterocycles. The van der Waals surface area contributed by atoms with Crippen LogP contribution in [0.5, 0.6) is 0 Å². The van der Waals surface area contributed by atoms with Crippen LogP contribution >= 0.6 is 0 Å². The molecule has 21 heavy (non-hydrogen) atoms. The number of hydrogen-bond donors (Lipinski definition) is 0. The molecule has 2 aromatic rings. The summed E-state index contributed by atoms with van der Waals surface area (Å²) in [5, 5.41) is 0. The van der Waals surface area contributed by atoms with E-state index in [0.29, 0.717) is 11.8 Å². The zero-order valence-corrected chi connectivity index (χ0v) is 14.4. The molecule has 2 aromatic carbocycles. The quantitative estimate of drug-likeness (QED) is 0.455. The van der Waals surface area contributed by atoms with Crippen LogP contribution in [0.3, 0.4) is 0 Å². The molecular formula is C20H14W. The van der Waals surface area contributed by atoms with E-state index in [2.05, 4.69) is 60.7 Å². The monoisotopic (exact) mass is 438 g/mol. The summed E-state index contributed by atoms with van der Waals surface area (Å²) in [6, 6.07) is 19.5. The smallest absolute Gasteiger partial charge is 0.226 e. The fourth-order valence-electron chi connectivity index (χ4n) is 3.85. The van der Waals surface area contributed by atoms with Gasteiger partial charge in [0, 0.05) is 0 Å². The maximum absolute atomic E-state index is 3.46. The molecule has 0 saturated heterocycles. The molecule has 0 radical (unpaired) electrons. The Hall–Kier alpha value is -1.39. The van der Waals surface area contributed by atoms with Gasteiger partial charge in [-0.3, -0.25) is 0 Å². The van der Waals surface area contributed by atoms with Crippen LogP contribution in [0.1, 0.15) is 23.0 Å². The van der Waals surface area contributed by atoms with Crippen molar-refractivity contribution in [3.63, 3.8) is 0 Å². The van der Waals surface area contributed by atoms with Gasteiger partial charge in [-0.1, -0.05) is 24.3 Å². The molecule has 4 aliphatic rings. The first-order valence-electron chi connectivity index (χ1n) is 7.31. The second-order valence-electron chi connectivity index (χ2n) is 6.01. The third-order valence-electron chi connectivity index (χ3n) is 4.95. The van der Waals surface area contributed by atoms with E-state index in [1.165, 1.54) is 16.7 Å². The summed E-state index contributed by atoms with van der Waals surface area (Å²) in [4.78, 5) is 0. The van der Waals surface area contributed by atoms with Gasteiger partial charge in [-0.05, 0) is 23.7 Å². The van der Waals surface area contributed by atoms with Crippen molar-refractivity contribution in [2.45, 2.75) is 11.8 Å². The zero-order valence-electron chi connectivity index (χ0n) is 11.5. The topological polar surface area (TPSA) is 0 Å². The third kappa shape index (κ3) is 1.93. The van der Waals surface area contributed by atoms with E-state index in [1.807, 2.05) is 12.1 Å². The molecule has 4 aliphatic carbocycles. The van der Waals surface area contributed by atoms with E-state index in [9.17, 15) is 0 Å². The number of hydrogen-bond acceptors (Lipinski definition) is 0. The van der Waals surface area contributed by atoms with Gasteiger partial charge in [-0.25, -0.2) is 11.1 Å². The van der Waals surface area contributed by atoms with Gasteiger partial charge in [-0.2, -0.15) is 42.5 Å². The van der Waals surface area contributed by atoms with Crippen LogP contribution in [-0.2, 0) is 21.1 Å². The molecule has 1 saturated carbocycles. The van der Waals surface area contributed by atoms with Gasteiger partial charge in [0.15, 0.2) is 0 Å². The number of benzene rings is 2. The predicted molar refractivity (Wildman–Crippen MR) is 80.3 cm³/mol. The average Bonchev–Trinajstić information content (AvgIpc) is 3.26. The number of allylic oxidation sites excluding steroid dienone is 4. The second-order valence-corrected chi connectivity index (χ2v) is 6.01. The van der Waals surface area contributed by atoms with Crippen LogP contribution in [0, 0.1) is 24.0 Å². The van der Waals surface area contributed by atoms with Gasteiger partial charge in [0.25, 0.3) is 0 Å². The summed E-state index contributed by atoms with van der Waals surface area (Å²) in [5.41, 5.74) is 5.30. The van der Waals surface area contributed by atoms with E-state index in [1.54, 1.807) is 0 Å². The predicted octanol–water partition coefficient (Wildman–Crippen LogP) is 4.50. The Morgan fingerprint density at radius 2 is 1.62 bits per heavy atom. The normalized spacial score (nSPS) is 30.1. The minimum atomic E-state index is 0. The summed E-state index contributed by atoms with van der Waals surface area (Å²) in [6.45, 7) is 0. The van der Waals surface area contributed by atoms with Gasteiger partial charge in [0.2, 0.25) is 0 Å². The van der Waals surface area contributed by atoms with Crippen LogP contribution in [0.25, 0.3) is 11.1 Å². The molecule has 0 aromatic heterocycles. The molecule has 0 N–H and O–H groups in total. The summed E-state index contributed by atoms with van der Waals surface area (Å²) in [7, 11) is 0. The van der Waals surface area contributed by atoms with E-state index >= 15 is 0 Å².